The fourth-order valence-electron chi connectivity index (χ4n) is 2.93. The quantitative estimate of drug-likeness (QED) is 0.855. The minimum absolute atomic E-state index is 0.0718. The summed E-state index contributed by atoms with van der Waals surface area (Å²) in [4.78, 5) is 17.3. The van der Waals surface area contributed by atoms with Crippen LogP contribution in [0.4, 0.5) is 0 Å². The van der Waals surface area contributed by atoms with Gasteiger partial charge in [-0.1, -0.05) is 46.6 Å². The molecule has 1 N–H and O–H groups in total. The second kappa shape index (κ2) is 6.56. The zero-order valence-electron chi connectivity index (χ0n) is 11.9. The highest BCUT2D eigenvalue weighted by atomic mass is 79.9. The molecular weight excluding hydrogens is 328 g/mol. The molecule has 0 spiro atoms. The predicted molar refractivity (Wildman–Crippen MR) is 88.7 cm³/mol. The molecule has 0 aliphatic heterocycles. The van der Waals surface area contributed by atoms with E-state index in [2.05, 4.69) is 26.2 Å². The minimum Gasteiger partial charge on any atom is -0.350 e. The van der Waals surface area contributed by atoms with Crippen molar-refractivity contribution in [1.29, 1.82) is 0 Å². The summed E-state index contributed by atoms with van der Waals surface area (Å²) in [6.45, 7) is 0.745. The Hall–Kier alpha value is -1.42. The highest BCUT2D eigenvalue weighted by Gasteiger charge is 2.20. The SMILES string of the molecule is O=C(NCC1CCCC(Br)C1)c1ccc2ccccc2n1. The Morgan fingerprint density at radius 3 is 2.95 bits per heavy atom. The number of nitrogens with zero attached hydrogens (tertiary/aromatic N) is 1. The molecule has 3 rings (SSSR count). The molecule has 1 aromatic heterocycles. The van der Waals surface area contributed by atoms with Gasteiger partial charge in [0.25, 0.3) is 5.91 Å². The molecule has 1 amide bonds. The first-order valence-corrected chi connectivity index (χ1v) is 8.42. The van der Waals surface area contributed by atoms with Gasteiger partial charge in [0.1, 0.15) is 5.69 Å². The molecule has 2 unspecified atom stereocenters. The molecule has 3 nitrogen and oxygen atoms in total. The van der Waals surface area contributed by atoms with Crippen LogP contribution in [-0.4, -0.2) is 22.3 Å². The van der Waals surface area contributed by atoms with E-state index < -0.39 is 0 Å². The first kappa shape index (κ1) is 14.5. The number of para-hydroxylation sites is 1. The lowest BCUT2D eigenvalue weighted by molar-refractivity contribution is 0.0939. The zero-order chi connectivity index (χ0) is 14.7. The number of aromatic nitrogens is 1. The van der Waals surface area contributed by atoms with Gasteiger partial charge in [0, 0.05) is 16.8 Å². The molecule has 0 radical (unpaired) electrons. The minimum atomic E-state index is -0.0718. The Kier molecular flexibility index (Phi) is 4.54. The maximum atomic E-state index is 12.2. The highest BCUT2D eigenvalue weighted by Crippen LogP contribution is 2.28. The van der Waals surface area contributed by atoms with E-state index in [1.165, 1.54) is 19.3 Å². The third-order valence-electron chi connectivity index (χ3n) is 4.10. The summed E-state index contributed by atoms with van der Waals surface area (Å²) in [5.74, 6) is 0.505. The van der Waals surface area contributed by atoms with Crippen molar-refractivity contribution in [1.82, 2.24) is 10.3 Å². The van der Waals surface area contributed by atoms with Crippen molar-refractivity contribution in [2.75, 3.05) is 6.54 Å². The van der Waals surface area contributed by atoms with Crippen molar-refractivity contribution < 1.29 is 4.79 Å². The van der Waals surface area contributed by atoms with Crippen LogP contribution in [0.25, 0.3) is 10.9 Å². The maximum absolute atomic E-state index is 12.2. The number of alkyl halides is 1. The van der Waals surface area contributed by atoms with Gasteiger partial charge in [0.05, 0.1) is 5.52 Å². The number of fused-ring (bicyclic) bond motifs is 1. The summed E-state index contributed by atoms with van der Waals surface area (Å²) in [6.07, 6.45) is 4.83. The monoisotopic (exact) mass is 346 g/mol. The maximum Gasteiger partial charge on any atom is 0.269 e. The van der Waals surface area contributed by atoms with Gasteiger partial charge in [-0.2, -0.15) is 0 Å². The predicted octanol–water partition coefficient (Wildman–Crippen LogP) is 3.92. The van der Waals surface area contributed by atoms with Crippen LogP contribution in [0.15, 0.2) is 36.4 Å². The number of carbonyl (C=O) groups excluding carboxylic acids is 1. The molecule has 1 fully saturated rings. The van der Waals surface area contributed by atoms with Gasteiger partial charge >= 0.3 is 0 Å². The summed E-state index contributed by atoms with van der Waals surface area (Å²) in [6, 6.07) is 11.6. The van der Waals surface area contributed by atoms with Crippen LogP contribution >= 0.6 is 15.9 Å². The van der Waals surface area contributed by atoms with Gasteiger partial charge < -0.3 is 5.32 Å². The first-order valence-electron chi connectivity index (χ1n) is 7.50. The number of halogens is 1. The van der Waals surface area contributed by atoms with E-state index in [1.54, 1.807) is 6.07 Å². The van der Waals surface area contributed by atoms with Gasteiger partial charge in [-0.25, -0.2) is 4.98 Å². The Bertz CT molecular complexity index is 643. The largest absolute Gasteiger partial charge is 0.350 e. The van der Waals surface area contributed by atoms with E-state index in [-0.39, 0.29) is 5.91 Å². The molecule has 2 aromatic rings. The lowest BCUT2D eigenvalue weighted by atomic mass is 9.89. The fourth-order valence-corrected chi connectivity index (χ4v) is 3.78. The van der Waals surface area contributed by atoms with Crippen molar-refractivity contribution in [3.05, 3.63) is 42.1 Å². The third-order valence-corrected chi connectivity index (χ3v) is 4.93. The number of hydrogen-bond acceptors (Lipinski definition) is 2. The topological polar surface area (TPSA) is 42.0 Å². The van der Waals surface area contributed by atoms with Crippen molar-refractivity contribution in [2.45, 2.75) is 30.5 Å². The van der Waals surface area contributed by atoms with Crippen LogP contribution in [0, 0.1) is 5.92 Å². The second-order valence-corrected chi connectivity index (χ2v) is 7.02. The molecule has 0 saturated heterocycles. The summed E-state index contributed by atoms with van der Waals surface area (Å²) in [5, 5.41) is 4.09. The number of amides is 1. The van der Waals surface area contributed by atoms with Crippen LogP contribution in [0.2, 0.25) is 0 Å². The number of carbonyl (C=O) groups is 1. The summed E-state index contributed by atoms with van der Waals surface area (Å²) in [7, 11) is 0. The molecule has 4 heteroatoms. The van der Waals surface area contributed by atoms with Gasteiger partial charge in [0.15, 0.2) is 0 Å². The molecular formula is C17H19BrN2O. The lowest BCUT2D eigenvalue weighted by Crippen LogP contribution is -2.32. The number of benzene rings is 1. The van der Waals surface area contributed by atoms with E-state index in [0.717, 1.165) is 23.9 Å². The van der Waals surface area contributed by atoms with Crippen molar-refractivity contribution in [2.24, 2.45) is 5.92 Å². The molecule has 1 heterocycles. The van der Waals surface area contributed by atoms with E-state index in [4.69, 9.17) is 0 Å². The molecule has 2 atom stereocenters. The number of pyridine rings is 1. The number of nitrogens with one attached hydrogen (secondary N) is 1. The Morgan fingerprint density at radius 1 is 1.24 bits per heavy atom. The zero-order valence-corrected chi connectivity index (χ0v) is 13.5. The molecule has 1 aliphatic rings. The third kappa shape index (κ3) is 3.62. The molecule has 1 aromatic carbocycles. The summed E-state index contributed by atoms with van der Waals surface area (Å²) < 4.78 is 0. The smallest absolute Gasteiger partial charge is 0.269 e. The first-order chi connectivity index (χ1) is 10.2. The number of hydrogen-bond donors (Lipinski definition) is 1. The van der Waals surface area contributed by atoms with Crippen LogP contribution in [-0.2, 0) is 0 Å². The van der Waals surface area contributed by atoms with Crippen LogP contribution in [0.5, 0.6) is 0 Å². The average Bonchev–Trinajstić information content (AvgIpc) is 2.52. The van der Waals surface area contributed by atoms with Crippen LogP contribution < -0.4 is 5.32 Å². The van der Waals surface area contributed by atoms with Crippen molar-refractivity contribution >= 4 is 32.7 Å². The average molecular weight is 347 g/mol. The second-order valence-electron chi connectivity index (χ2n) is 5.73. The fraction of sp³-hybridized carbons (Fsp3) is 0.412. The Labute approximate surface area is 133 Å². The molecule has 1 saturated carbocycles. The lowest BCUT2D eigenvalue weighted by Gasteiger charge is -2.25. The Balaban J connectivity index is 1.63. The molecule has 110 valence electrons. The Morgan fingerprint density at radius 2 is 2.10 bits per heavy atom. The summed E-state index contributed by atoms with van der Waals surface area (Å²) in [5.41, 5.74) is 1.36. The van der Waals surface area contributed by atoms with Crippen molar-refractivity contribution in [3.63, 3.8) is 0 Å². The van der Waals surface area contributed by atoms with E-state index in [0.29, 0.717) is 16.4 Å². The van der Waals surface area contributed by atoms with Crippen LogP contribution in [0.1, 0.15) is 36.2 Å². The van der Waals surface area contributed by atoms with E-state index in [9.17, 15) is 4.79 Å². The molecule has 21 heavy (non-hydrogen) atoms. The molecule has 1 aliphatic carbocycles. The van der Waals surface area contributed by atoms with Gasteiger partial charge in [-0.15, -0.1) is 0 Å². The molecule has 0 bridgehead atoms. The summed E-state index contributed by atoms with van der Waals surface area (Å²) >= 11 is 3.68. The van der Waals surface area contributed by atoms with Crippen molar-refractivity contribution in [3.8, 4) is 0 Å². The standard InChI is InChI=1S/C17H19BrN2O/c18-14-6-3-4-12(10-14)11-19-17(21)16-9-8-13-5-1-2-7-15(13)20-16/h1-2,5,7-9,12,14H,3-4,6,10-11H2,(H,19,21). The van der Waals surface area contributed by atoms with E-state index >= 15 is 0 Å². The van der Waals surface area contributed by atoms with E-state index in [1.807, 2.05) is 30.3 Å². The van der Waals surface area contributed by atoms with Gasteiger partial charge in [0.2, 0.25) is 0 Å². The van der Waals surface area contributed by atoms with Crippen LogP contribution in [0.3, 0.4) is 0 Å². The normalized spacial score (nSPS) is 22.1. The van der Waals surface area contributed by atoms with Gasteiger partial charge in [-0.3, -0.25) is 4.79 Å². The number of rotatable bonds is 3. The van der Waals surface area contributed by atoms with Gasteiger partial charge in [-0.05, 0) is 37.3 Å². The highest BCUT2D eigenvalue weighted by molar-refractivity contribution is 9.09.